The van der Waals surface area contributed by atoms with Gasteiger partial charge in [0.2, 0.25) is 0 Å². The van der Waals surface area contributed by atoms with Gasteiger partial charge < -0.3 is 10.1 Å². The summed E-state index contributed by atoms with van der Waals surface area (Å²) in [5.41, 5.74) is 0.895. The van der Waals surface area contributed by atoms with Crippen LogP contribution in [0.3, 0.4) is 0 Å². The fourth-order valence-corrected chi connectivity index (χ4v) is 1.76. The smallest absolute Gasteiger partial charge is 0.406 e. The topological polar surface area (TPSA) is 21.3 Å². The van der Waals surface area contributed by atoms with Gasteiger partial charge in [0, 0.05) is 12.5 Å². The van der Waals surface area contributed by atoms with Crippen LogP contribution in [0.2, 0.25) is 0 Å². The highest BCUT2D eigenvalue weighted by atomic mass is 19.4. The van der Waals surface area contributed by atoms with Crippen LogP contribution in [0.4, 0.5) is 13.2 Å². The lowest BCUT2D eigenvalue weighted by Crippen LogP contribution is -2.21. The van der Waals surface area contributed by atoms with Gasteiger partial charge in [0.25, 0.3) is 0 Å². The molecule has 1 N–H and O–H groups in total. The SMILES string of the molecule is C#CCCC(NCC)c1ccc(OC(F)(F)F)cc1. The minimum absolute atomic E-state index is 0.0426. The highest BCUT2D eigenvalue weighted by Gasteiger charge is 2.31. The van der Waals surface area contributed by atoms with Gasteiger partial charge in [-0.05, 0) is 30.7 Å². The van der Waals surface area contributed by atoms with E-state index in [-0.39, 0.29) is 11.8 Å². The molecule has 0 aliphatic heterocycles. The lowest BCUT2D eigenvalue weighted by atomic mass is 10.0. The Labute approximate surface area is 111 Å². The van der Waals surface area contributed by atoms with Gasteiger partial charge in [-0.3, -0.25) is 0 Å². The molecule has 0 radical (unpaired) electrons. The molecule has 0 aliphatic rings. The zero-order valence-corrected chi connectivity index (χ0v) is 10.6. The molecular formula is C14H16F3NO. The quantitative estimate of drug-likeness (QED) is 0.797. The van der Waals surface area contributed by atoms with Crippen molar-refractivity contribution in [1.29, 1.82) is 0 Å². The van der Waals surface area contributed by atoms with Crippen molar-refractivity contribution in [2.45, 2.75) is 32.2 Å². The molecule has 0 aliphatic carbocycles. The Balaban J connectivity index is 2.74. The van der Waals surface area contributed by atoms with Crippen LogP contribution < -0.4 is 10.1 Å². The Kier molecular flexibility index (Phi) is 5.71. The number of benzene rings is 1. The first-order valence-electron chi connectivity index (χ1n) is 5.99. The molecule has 0 aromatic heterocycles. The minimum atomic E-state index is -4.66. The molecule has 5 heteroatoms. The second-order valence-electron chi connectivity index (χ2n) is 3.97. The molecule has 1 rings (SSSR count). The van der Waals surface area contributed by atoms with E-state index >= 15 is 0 Å². The van der Waals surface area contributed by atoms with E-state index in [1.54, 1.807) is 12.1 Å². The second kappa shape index (κ2) is 7.05. The molecule has 2 nitrogen and oxygen atoms in total. The van der Waals surface area contributed by atoms with E-state index in [0.717, 1.165) is 18.5 Å². The predicted molar refractivity (Wildman–Crippen MR) is 67.6 cm³/mol. The minimum Gasteiger partial charge on any atom is -0.406 e. The summed E-state index contributed by atoms with van der Waals surface area (Å²) in [5.74, 6) is 2.34. The Hall–Kier alpha value is -1.67. The maximum Gasteiger partial charge on any atom is 0.573 e. The van der Waals surface area contributed by atoms with Crippen molar-refractivity contribution in [2.24, 2.45) is 0 Å². The molecule has 0 saturated heterocycles. The first-order chi connectivity index (χ1) is 8.96. The van der Waals surface area contributed by atoms with Crippen molar-refractivity contribution in [1.82, 2.24) is 5.32 Å². The fourth-order valence-electron chi connectivity index (χ4n) is 1.76. The zero-order chi connectivity index (χ0) is 14.3. The summed E-state index contributed by atoms with van der Waals surface area (Å²) >= 11 is 0. The maximum absolute atomic E-state index is 12.0. The van der Waals surface area contributed by atoms with Gasteiger partial charge in [-0.2, -0.15) is 0 Å². The van der Waals surface area contributed by atoms with Gasteiger partial charge >= 0.3 is 6.36 Å². The first kappa shape index (κ1) is 15.4. The Morgan fingerprint density at radius 2 is 1.95 bits per heavy atom. The largest absolute Gasteiger partial charge is 0.573 e. The fraction of sp³-hybridized carbons (Fsp3) is 0.429. The van der Waals surface area contributed by atoms with E-state index in [4.69, 9.17) is 6.42 Å². The number of halogens is 3. The Bertz CT molecular complexity index is 420. The number of ether oxygens (including phenoxy) is 1. The van der Waals surface area contributed by atoms with E-state index < -0.39 is 6.36 Å². The second-order valence-corrected chi connectivity index (χ2v) is 3.97. The van der Waals surface area contributed by atoms with E-state index in [0.29, 0.717) is 6.42 Å². The third kappa shape index (κ3) is 5.66. The van der Waals surface area contributed by atoms with Gasteiger partial charge in [0.1, 0.15) is 5.75 Å². The highest BCUT2D eigenvalue weighted by Crippen LogP contribution is 2.25. The summed E-state index contributed by atoms with van der Waals surface area (Å²) in [4.78, 5) is 0. The summed E-state index contributed by atoms with van der Waals surface area (Å²) in [7, 11) is 0. The average molecular weight is 271 g/mol. The van der Waals surface area contributed by atoms with Crippen molar-refractivity contribution in [3.8, 4) is 18.1 Å². The van der Waals surface area contributed by atoms with E-state index in [2.05, 4.69) is 16.0 Å². The van der Waals surface area contributed by atoms with E-state index in [1.165, 1.54) is 12.1 Å². The highest BCUT2D eigenvalue weighted by molar-refractivity contribution is 5.29. The van der Waals surface area contributed by atoms with Gasteiger partial charge in [-0.1, -0.05) is 19.1 Å². The summed E-state index contributed by atoms with van der Waals surface area (Å²) in [6.45, 7) is 2.72. The van der Waals surface area contributed by atoms with E-state index in [9.17, 15) is 13.2 Å². The molecule has 0 saturated carbocycles. The molecule has 104 valence electrons. The van der Waals surface area contributed by atoms with Gasteiger partial charge in [0.05, 0.1) is 0 Å². The average Bonchev–Trinajstić information content (AvgIpc) is 2.34. The van der Waals surface area contributed by atoms with Gasteiger partial charge in [-0.25, -0.2) is 0 Å². The number of hydrogen-bond donors (Lipinski definition) is 1. The zero-order valence-electron chi connectivity index (χ0n) is 10.6. The monoisotopic (exact) mass is 271 g/mol. The number of nitrogens with one attached hydrogen (secondary N) is 1. The summed E-state index contributed by atoms with van der Waals surface area (Å²) < 4.78 is 39.9. The predicted octanol–water partition coefficient (Wildman–Crippen LogP) is 3.65. The molecule has 19 heavy (non-hydrogen) atoms. The number of hydrogen-bond acceptors (Lipinski definition) is 2. The molecule has 1 atom stereocenters. The van der Waals surface area contributed by atoms with Crippen LogP contribution in [0.15, 0.2) is 24.3 Å². The third-order valence-corrected chi connectivity index (χ3v) is 2.54. The van der Waals surface area contributed by atoms with Crippen LogP contribution in [-0.4, -0.2) is 12.9 Å². The maximum atomic E-state index is 12.0. The summed E-state index contributed by atoms with van der Waals surface area (Å²) in [6, 6.07) is 5.89. The van der Waals surface area contributed by atoms with Crippen LogP contribution in [0.1, 0.15) is 31.4 Å². The molecule has 0 spiro atoms. The van der Waals surface area contributed by atoms with Crippen molar-refractivity contribution < 1.29 is 17.9 Å². The standard InChI is InChI=1S/C14H16F3NO/c1-3-5-6-13(18-4-2)11-7-9-12(10-8-11)19-14(15,16)17/h1,7-10,13,18H,4-6H2,2H3. The molecule has 0 heterocycles. The lowest BCUT2D eigenvalue weighted by Gasteiger charge is -2.18. The normalized spacial score (nSPS) is 12.8. The lowest BCUT2D eigenvalue weighted by molar-refractivity contribution is -0.274. The number of terminal acetylenes is 1. The molecule has 0 bridgehead atoms. The molecule has 1 aromatic rings. The molecule has 1 unspecified atom stereocenters. The Morgan fingerprint density at radius 3 is 2.42 bits per heavy atom. The van der Waals surface area contributed by atoms with Crippen molar-refractivity contribution in [2.75, 3.05) is 6.54 Å². The third-order valence-electron chi connectivity index (χ3n) is 2.54. The molecule has 0 fully saturated rings. The van der Waals surface area contributed by atoms with Crippen LogP contribution in [0, 0.1) is 12.3 Å². The summed E-state index contributed by atoms with van der Waals surface area (Å²) in [5, 5.41) is 3.24. The van der Waals surface area contributed by atoms with E-state index in [1.807, 2.05) is 6.92 Å². The number of alkyl halides is 3. The van der Waals surface area contributed by atoms with Crippen LogP contribution in [0.25, 0.3) is 0 Å². The molecule has 0 amide bonds. The number of rotatable bonds is 6. The van der Waals surface area contributed by atoms with Crippen molar-refractivity contribution >= 4 is 0 Å². The van der Waals surface area contributed by atoms with Crippen LogP contribution in [-0.2, 0) is 0 Å². The van der Waals surface area contributed by atoms with Crippen LogP contribution in [0.5, 0.6) is 5.75 Å². The molecule has 1 aromatic carbocycles. The Morgan fingerprint density at radius 1 is 1.32 bits per heavy atom. The molecular weight excluding hydrogens is 255 g/mol. The van der Waals surface area contributed by atoms with Crippen molar-refractivity contribution in [3.63, 3.8) is 0 Å². The summed E-state index contributed by atoms with van der Waals surface area (Å²) in [6.07, 6.45) is 1.91. The van der Waals surface area contributed by atoms with Gasteiger partial charge in [-0.15, -0.1) is 25.5 Å². The van der Waals surface area contributed by atoms with Gasteiger partial charge in [0.15, 0.2) is 0 Å². The first-order valence-corrected chi connectivity index (χ1v) is 5.99. The van der Waals surface area contributed by atoms with Crippen molar-refractivity contribution in [3.05, 3.63) is 29.8 Å². The van der Waals surface area contributed by atoms with Crippen LogP contribution >= 0.6 is 0 Å².